The van der Waals surface area contributed by atoms with Gasteiger partial charge >= 0.3 is 0 Å². The molecule has 1 N–H and O–H groups in total. The highest BCUT2D eigenvalue weighted by Crippen LogP contribution is 2.23. The van der Waals surface area contributed by atoms with Crippen LogP contribution in [-0.2, 0) is 10.2 Å². The van der Waals surface area contributed by atoms with E-state index in [1.807, 2.05) is 13.0 Å². The highest BCUT2D eigenvalue weighted by atomic mass is 16.5. The van der Waals surface area contributed by atoms with Gasteiger partial charge in [0.05, 0.1) is 6.61 Å². The Morgan fingerprint density at radius 3 is 2.55 bits per heavy atom. The first-order chi connectivity index (χ1) is 10.3. The van der Waals surface area contributed by atoms with Crippen LogP contribution >= 0.6 is 0 Å². The number of hydrogen-bond acceptors (Lipinski definition) is 5. The lowest BCUT2D eigenvalue weighted by Gasteiger charge is -2.19. The van der Waals surface area contributed by atoms with Gasteiger partial charge in [-0.05, 0) is 19.3 Å². The minimum absolute atomic E-state index is 0.112. The lowest BCUT2D eigenvalue weighted by atomic mass is 9.96. The fourth-order valence-electron chi connectivity index (χ4n) is 1.71. The Morgan fingerprint density at radius 1 is 1.23 bits per heavy atom. The molecule has 0 aliphatic rings. The Bertz CT molecular complexity index is 442. The van der Waals surface area contributed by atoms with Crippen LogP contribution in [0.4, 0.5) is 5.82 Å². The van der Waals surface area contributed by atoms with Gasteiger partial charge in [0, 0.05) is 31.2 Å². The van der Waals surface area contributed by atoms with Crippen molar-refractivity contribution in [2.45, 2.75) is 53.4 Å². The van der Waals surface area contributed by atoms with Crippen LogP contribution in [0.25, 0.3) is 0 Å². The van der Waals surface area contributed by atoms with E-state index in [-0.39, 0.29) is 5.41 Å². The summed E-state index contributed by atoms with van der Waals surface area (Å²) in [6.45, 7) is 15.6. The highest BCUT2D eigenvalue weighted by molar-refractivity contribution is 5.39. The Hall–Kier alpha value is -1.36. The van der Waals surface area contributed by atoms with Crippen LogP contribution in [0.3, 0.4) is 0 Å². The molecule has 1 aromatic rings. The Kier molecular flexibility index (Phi) is 7.59. The van der Waals surface area contributed by atoms with Gasteiger partial charge in [-0.2, -0.15) is 4.98 Å². The Balaban J connectivity index is 2.74. The number of nitrogens with zero attached hydrogens (tertiary/aromatic N) is 2. The first kappa shape index (κ1) is 18.7. The molecule has 0 fully saturated rings. The van der Waals surface area contributed by atoms with Gasteiger partial charge < -0.3 is 14.8 Å². The molecule has 0 bridgehead atoms. The molecular weight excluding hydrogens is 278 g/mol. The van der Waals surface area contributed by atoms with Gasteiger partial charge in [0.15, 0.2) is 0 Å². The standard InChI is InChI=1S/C17H31N3O2/c1-7-21-10-8-9-18-14-11-15(22-12-13(2)3)20-16(19-14)17(4,5)6/h11,13H,7-10,12H2,1-6H3,(H,18,19,20). The smallest absolute Gasteiger partial charge is 0.218 e. The van der Waals surface area contributed by atoms with Crippen molar-refractivity contribution in [3.8, 4) is 5.88 Å². The fraction of sp³-hybridized carbons (Fsp3) is 0.765. The Labute approximate surface area is 134 Å². The van der Waals surface area contributed by atoms with Gasteiger partial charge in [-0.3, -0.25) is 0 Å². The maximum absolute atomic E-state index is 5.77. The molecular formula is C17H31N3O2. The summed E-state index contributed by atoms with van der Waals surface area (Å²) in [6, 6.07) is 1.87. The molecule has 0 aliphatic carbocycles. The van der Waals surface area contributed by atoms with E-state index >= 15 is 0 Å². The third-order valence-corrected chi connectivity index (χ3v) is 2.91. The molecule has 0 saturated carbocycles. The summed E-state index contributed by atoms with van der Waals surface area (Å²) in [5, 5.41) is 3.33. The van der Waals surface area contributed by atoms with Crippen LogP contribution in [0.5, 0.6) is 5.88 Å². The largest absolute Gasteiger partial charge is 0.477 e. The van der Waals surface area contributed by atoms with Gasteiger partial charge in [0.25, 0.3) is 0 Å². The van der Waals surface area contributed by atoms with Crippen LogP contribution in [0.2, 0.25) is 0 Å². The van der Waals surface area contributed by atoms with Crippen molar-refractivity contribution >= 4 is 5.82 Å². The van der Waals surface area contributed by atoms with Crippen molar-refractivity contribution in [3.05, 3.63) is 11.9 Å². The first-order valence-electron chi connectivity index (χ1n) is 8.17. The van der Waals surface area contributed by atoms with Crippen molar-refractivity contribution in [1.82, 2.24) is 9.97 Å². The lowest BCUT2D eigenvalue weighted by molar-refractivity contribution is 0.147. The average Bonchev–Trinajstić information content (AvgIpc) is 2.44. The minimum Gasteiger partial charge on any atom is -0.477 e. The topological polar surface area (TPSA) is 56.3 Å². The molecule has 0 radical (unpaired) electrons. The van der Waals surface area contributed by atoms with Gasteiger partial charge in [-0.1, -0.05) is 34.6 Å². The molecule has 126 valence electrons. The third-order valence-electron chi connectivity index (χ3n) is 2.91. The van der Waals surface area contributed by atoms with E-state index in [2.05, 4.69) is 49.9 Å². The molecule has 0 aliphatic heterocycles. The molecule has 0 aromatic carbocycles. The number of rotatable bonds is 9. The van der Waals surface area contributed by atoms with Crippen molar-refractivity contribution in [2.24, 2.45) is 5.92 Å². The number of nitrogens with one attached hydrogen (secondary N) is 1. The van der Waals surface area contributed by atoms with E-state index in [4.69, 9.17) is 9.47 Å². The molecule has 22 heavy (non-hydrogen) atoms. The second-order valence-electron chi connectivity index (χ2n) is 6.85. The minimum atomic E-state index is -0.112. The van der Waals surface area contributed by atoms with Gasteiger partial charge in [0.2, 0.25) is 5.88 Å². The number of aromatic nitrogens is 2. The van der Waals surface area contributed by atoms with Crippen LogP contribution in [0.15, 0.2) is 6.07 Å². The molecule has 5 heteroatoms. The summed E-state index contributed by atoms with van der Waals surface area (Å²) in [7, 11) is 0. The second-order valence-corrected chi connectivity index (χ2v) is 6.85. The Morgan fingerprint density at radius 2 is 1.95 bits per heavy atom. The van der Waals surface area contributed by atoms with E-state index in [1.165, 1.54) is 0 Å². The quantitative estimate of drug-likeness (QED) is 0.706. The predicted octanol–water partition coefficient (Wildman–Crippen LogP) is 3.65. The summed E-state index contributed by atoms with van der Waals surface area (Å²) in [5.74, 6) is 2.72. The average molecular weight is 309 g/mol. The van der Waals surface area contributed by atoms with Crippen LogP contribution in [0.1, 0.15) is 53.8 Å². The summed E-state index contributed by atoms with van der Waals surface area (Å²) in [6.07, 6.45) is 0.949. The predicted molar refractivity (Wildman–Crippen MR) is 90.7 cm³/mol. The van der Waals surface area contributed by atoms with E-state index < -0.39 is 0 Å². The molecule has 0 atom stereocenters. The zero-order valence-corrected chi connectivity index (χ0v) is 14.9. The number of anilines is 1. The second kappa shape index (κ2) is 8.93. The van der Waals surface area contributed by atoms with E-state index in [0.717, 1.165) is 37.8 Å². The van der Waals surface area contributed by atoms with Gasteiger partial charge in [-0.25, -0.2) is 4.98 Å². The van der Waals surface area contributed by atoms with Crippen molar-refractivity contribution < 1.29 is 9.47 Å². The van der Waals surface area contributed by atoms with Gasteiger partial charge in [-0.15, -0.1) is 0 Å². The molecule has 5 nitrogen and oxygen atoms in total. The molecule has 1 rings (SSSR count). The molecule has 1 aromatic heterocycles. The van der Waals surface area contributed by atoms with Gasteiger partial charge in [0.1, 0.15) is 11.6 Å². The van der Waals surface area contributed by atoms with Crippen LogP contribution < -0.4 is 10.1 Å². The summed E-state index contributed by atoms with van der Waals surface area (Å²) >= 11 is 0. The summed E-state index contributed by atoms with van der Waals surface area (Å²) in [5.41, 5.74) is -0.112. The van der Waals surface area contributed by atoms with Crippen LogP contribution in [-0.4, -0.2) is 36.3 Å². The summed E-state index contributed by atoms with van der Waals surface area (Å²) in [4.78, 5) is 9.14. The number of hydrogen-bond donors (Lipinski definition) is 1. The van der Waals surface area contributed by atoms with E-state index in [1.54, 1.807) is 0 Å². The molecule has 0 spiro atoms. The fourth-order valence-corrected chi connectivity index (χ4v) is 1.71. The summed E-state index contributed by atoms with van der Waals surface area (Å²) < 4.78 is 11.1. The maximum atomic E-state index is 5.77. The van der Waals surface area contributed by atoms with Crippen molar-refractivity contribution in [3.63, 3.8) is 0 Å². The normalized spacial score (nSPS) is 11.8. The monoisotopic (exact) mass is 309 g/mol. The highest BCUT2D eigenvalue weighted by Gasteiger charge is 2.19. The third kappa shape index (κ3) is 7.07. The SMILES string of the molecule is CCOCCCNc1cc(OCC(C)C)nc(C(C)(C)C)n1. The molecule has 0 saturated heterocycles. The van der Waals surface area contributed by atoms with E-state index in [9.17, 15) is 0 Å². The van der Waals surface area contributed by atoms with E-state index in [0.29, 0.717) is 18.4 Å². The maximum Gasteiger partial charge on any atom is 0.218 e. The zero-order chi connectivity index (χ0) is 16.6. The molecule has 0 unspecified atom stereocenters. The van der Waals surface area contributed by atoms with Crippen LogP contribution in [0, 0.1) is 5.92 Å². The van der Waals surface area contributed by atoms with Crippen molar-refractivity contribution in [1.29, 1.82) is 0 Å². The first-order valence-corrected chi connectivity index (χ1v) is 8.17. The number of ether oxygens (including phenoxy) is 2. The zero-order valence-electron chi connectivity index (χ0n) is 14.9. The van der Waals surface area contributed by atoms with Crippen molar-refractivity contribution in [2.75, 3.05) is 31.7 Å². The molecule has 1 heterocycles. The molecule has 0 amide bonds. The lowest BCUT2D eigenvalue weighted by Crippen LogP contribution is -2.19.